The summed E-state index contributed by atoms with van der Waals surface area (Å²) in [5, 5.41) is 2.80. The SMILES string of the molecule is CCOC(=O)c1c(C)cccc1OCc1cc(=O)n2[nH]c(C)nc2n1. The molecule has 1 N–H and O–H groups in total. The number of nitrogens with zero attached hydrogens (tertiary/aromatic N) is 3. The normalized spacial score (nSPS) is 10.8. The minimum absolute atomic E-state index is 0.0352. The number of ether oxygens (including phenoxy) is 2. The van der Waals surface area contributed by atoms with Crippen LogP contribution in [0, 0.1) is 13.8 Å². The van der Waals surface area contributed by atoms with Crippen molar-refractivity contribution in [3.05, 3.63) is 57.3 Å². The van der Waals surface area contributed by atoms with Crippen molar-refractivity contribution < 1.29 is 14.3 Å². The maximum atomic E-state index is 12.1. The monoisotopic (exact) mass is 342 g/mol. The molecule has 0 aliphatic carbocycles. The first kappa shape index (κ1) is 16.7. The van der Waals surface area contributed by atoms with E-state index < -0.39 is 5.97 Å². The highest BCUT2D eigenvalue weighted by Gasteiger charge is 2.17. The Morgan fingerprint density at radius 3 is 2.84 bits per heavy atom. The van der Waals surface area contributed by atoms with Crippen LogP contribution in [-0.4, -0.2) is 32.2 Å². The van der Waals surface area contributed by atoms with Gasteiger partial charge in [-0.15, -0.1) is 0 Å². The first-order chi connectivity index (χ1) is 12.0. The third-order valence-corrected chi connectivity index (χ3v) is 3.59. The van der Waals surface area contributed by atoms with Gasteiger partial charge in [0, 0.05) is 6.07 Å². The lowest BCUT2D eigenvalue weighted by Gasteiger charge is -2.12. The minimum atomic E-state index is -0.443. The molecule has 3 rings (SSSR count). The standard InChI is InChI=1S/C17H18N4O4/c1-4-24-16(23)15-10(2)6-5-7-13(15)25-9-12-8-14(22)21-17(19-12)18-11(3)20-21/h5-8H,4,9H2,1-3H3,(H,18,19,20). The van der Waals surface area contributed by atoms with Crippen molar-refractivity contribution in [1.29, 1.82) is 0 Å². The van der Waals surface area contributed by atoms with Crippen molar-refractivity contribution in [2.24, 2.45) is 0 Å². The Morgan fingerprint density at radius 2 is 2.08 bits per heavy atom. The van der Waals surface area contributed by atoms with Gasteiger partial charge in [-0.25, -0.2) is 9.78 Å². The molecule has 130 valence electrons. The number of aromatic amines is 1. The molecule has 0 unspecified atom stereocenters. The summed E-state index contributed by atoms with van der Waals surface area (Å²) >= 11 is 0. The van der Waals surface area contributed by atoms with Crippen molar-refractivity contribution in [3.8, 4) is 5.75 Å². The number of fused-ring (bicyclic) bond motifs is 1. The zero-order valence-electron chi connectivity index (χ0n) is 14.2. The van der Waals surface area contributed by atoms with Gasteiger partial charge in [0.25, 0.3) is 11.3 Å². The van der Waals surface area contributed by atoms with Gasteiger partial charge >= 0.3 is 5.97 Å². The van der Waals surface area contributed by atoms with E-state index in [1.807, 2.05) is 13.0 Å². The highest BCUT2D eigenvalue weighted by atomic mass is 16.5. The molecule has 0 radical (unpaired) electrons. The third-order valence-electron chi connectivity index (χ3n) is 3.59. The molecule has 8 nitrogen and oxygen atoms in total. The van der Waals surface area contributed by atoms with Crippen LogP contribution in [0.1, 0.15) is 34.4 Å². The number of hydrogen-bond acceptors (Lipinski definition) is 6. The summed E-state index contributed by atoms with van der Waals surface area (Å²) in [6.07, 6.45) is 0. The van der Waals surface area contributed by atoms with Gasteiger partial charge < -0.3 is 9.47 Å². The van der Waals surface area contributed by atoms with Crippen LogP contribution in [0.15, 0.2) is 29.1 Å². The lowest BCUT2D eigenvalue weighted by Crippen LogP contribution is -2.17. The minimum Gasteiger partial charge on any atom is -0.486 e. The van der Waals surface area contributed by atoms with Gasteiger partial charge in [0.15, 0.2) is 0 Å². The first-order valence-electron chi connectivity index (χ1n) is 7.84. The number of esters is 1. The van der Waals surface area contributed by atoms with E-state index in [0.29, 0.717) is 22.8 Å². The van der Waals surface area contributed by atoms with Crippen LogP contribution in [0.3, 0.4) is 0 Å². The van der Waals surface area contributed by atoms with Gasteiger partial charge in [-0.3, -0.25) is 9.89 Å². The summed E-state index contributed by atoms with van der Waals surface area (Å²) in [4.78, 5) is 32.6. The lowest BCUT2D eigenvalue weighted by atomic mass is 10.1. The van der Waals surface area contributed by atoms with Crippen molar-refractivity contribution in [1.82, 2.24) is 19.6 Å². The molecular formula is C17H18N4O4. The molecule has 0 atom stereocenters. The first-order valence-corrected chi connectivity index (χ1v) is 7.84. The smallest absolute Gasteiger partial charge is 0.342 e. The predicted molar refractivity (Wildman–Crippen MR) is 89.8 cm³/mol. The number of carbonyl (C=O) groups is 1. The summed E-state index contributed by atoms with van der Waals surface area (Å²) < 4.78 is 12.1. The van der Waals surface area contributed by atoms with E-state index in [-0.39, 0.29) is 24.6 Å². The Labute approximate surface area is 143 Å². The molecule has 25 heavy (non-hydrogen) atoms. The molecule has 8 heteroatoms. The fourth-order valence-electron chi connectivity index (χ4n) is 2.48. The number of benzene rings is 1. The number of nitrogens with one attached hydrogen (secondary N) is 1. The van der Waals surface area contributed by atoms with E-state index in [1.54, 1.807) is 26.0 Å². The van der Waals surface area contributed by atoms with E-state index in [0.717, 1.165) is 5.56 Å². The number of aromatic nitrogens is 4. The van der Waals surface area contributed by atoms with Crippen LogP contribution >= 0.6 is 0 Å². The Balaban J connectivity index is 1.88. The maximum Gasteiger partial charge on any atom is 0.342 e. The van der Waals surface area contributed by atoms with Crippen LogP contribution in [-0.2, 0) is 11.3 Å². The molecule has 2 heterocycles. The number of hydrogen-bond donors (Lipinski definition) is 1. The average molecular weight is 342 g/mol. The van der Waals surface area contributed by atoms with Crippen LogP contribution in [0.4, 0.5) is 0 Å². The Morgan fingerprint density at radius 1 is 1.28 bits per heavy atom. The average Bonchev–Trinajstić information content (AvgIpc) is 2.94. The second kappa shape index (κ2) is 6.76. The van der Waals surface area contributed by atoms with E-state index in [2.05, 4.69) is 15.1 Å². The molecule has 0 aliphatic rings. The highest BCUT2D eigenvalue weighted by Crippen LogP contribution is 2.24. The molecular weight excluding hydrogens is 324 g/mol. The second-order valence-corrected chi connectivity index (χ2v) is 5.49. The van der Waals surface area contributed by atoms with Gasteiger partial charge in [0.1, 0.15) is 23.7 Å². The largest absolute Gasteiger partial charge is 0.486 e. The van der Waals surface area contributed by atoms with Gasteiger partial charge in [0.05, 0.1) is 12.3 Å². The lowest BCUT2D eigenvalue weighted by molar-refractivity contribution is 0.0520. The van der Waals surface area contributed by atoms with Gasteiger partial charge in [-0.05, 0) is 32.4 Å². The van der Waals surface area contributed by atoms with Crippen LogP contribution in [0.2, 0.25) is 0 Å². The Kier molecular flexibility index (Phi) is 4.51. The molecule has 0 spiro atoms. The third kappa shape index (κ3) is 3.37. The van der Waals surface area contributed by atoms with E-state index in [4.69, 9.17) is 9.47 Å². The van der Waals surface area contributed by atoms with E-state index >= 15 is 0 Å². The molecule has 2 aromatic heterocycles. The van der Waals surface area contributed by atoms with Crippen LogP contribution in [0.25, 0.3) is 5.78 Å². The summed E-state index contributed by atoms with van der Waals surface area (Å²) in [6.45, 7) is 5.60. The van der Waals surface area contributed by atoms with E-state index in [1.165, 1.54) is 10.6 Å². The Hall–Kier alpha value is -3.16. The fourth-order valence-corrected chi connectivity index (χ4v) is 2.48. The Bertz CT molecular complexity index is 990. The predicted octanol–water partition coefficient (Wildman–Crippen LogP) is 1.79. The van der Waals surface area contributed by atoms with Gasteiger partial charge in [0.2, 0.25) is 0 Å². The molecule has 3 aromatic rings. The molecule has 1 aromatic carbocycles. The maximum absolute atomic E-state index is 12.1. The van der Waals surface area contributed by atoms with Crippen molar-refractivity contribution in [2.75, 3.05) is 6.61 Å². The molecule has 0 bridgehead atoms. The molecule has 0 saturated carbocycles. The van der Waals surface area contributed by atoms with Crippen molar-refractivity contribution >= 4 is 11.7 Å². The summed E-state index contributed by atoms with van der Waals surface area (Å²) in [5.41, 5.74) is 1.27. The quantitative estimate of drug-likeness (QED) is 0.710. The summed E-state index contributed by atoms with van der Waals surface area (Å²) in [6, 6.07) is 6.64. The molecule has 0 fully saturated rings. The fraction of sp³-hybridized carbons (Fsp3) is 0.294. The summed E-state index contributed by atoms with van der Waals surface area (Å²) in [5.74, 6) is 0.810. The zero-order chi connectivity index (χ0) is 18.0. The second-order valence-electron chi connectivity index (χ2n) is 5.49. The van der Waals surface area contributed by atoms with Gasteiger partial charge in [-0.1, -0.05) is 12.1 Å². The number of rotatable bonds is 5. The summed E-state index contributed by atoms with van der Waals surface area (Å²) in [7, 11) is 0. The highest BCUT2D eigenvalue weighted by molar-refractivity contribution is 5.94. The number of carbonyl (C=O) groups excluding carboxylic acids is 1. The van der Waals surface area contributed by atoms with Crippen molar-refractivity contribution in [2.45, 2.75) is 27.4 Å². The number of aryl methyl sites for hydroxylation is 2. The van der Waals surface area contributed by atoms with E-state index in [9.17, 15) is 9.59 Å². The topological polar surface area (TPSA) is 98.6 Å². The van der Waals surface area contributed by atoms with Crippen LogP contribution < -0.4 is 10.3 Å². The molecule has 0 saturated heterocycles. The zero-order valence-corrected chi connectivity index (χ0v) is 14.2. The van der Waals surface area contributed by atoms with Crippen LogP contribution in [0.5, 0.6) is 5.75 Å². The molecule has 0 amide bonds. The van der Waals surface area contributed by atoms with Gasteiger partial charge in [-0.2, -0.15) is 9.50 Å². The number of H-pyrrole nitrogens is 1. The van der Waals surface area contributed by atoms with Crippen molar-refractivity contribution in [3.63, 3.8) is 0 Å². The molecule has 0 aliphatic heterocycles.